The minimum atomic E-state index is -0.577. The summed E-state index contributed by atoms with van der Waals surface area (Å²) in [6, 6.07) is 0. The smallest absolute Gasteiger partial charge is 0.411 e. The molecule has 0 saturated carbocycles. The molecule has 0 rings (SSSR count). The normalized spacial score (nSPS) is 11.8. The fraction of sp³-hybridized carbons (Fsp3) is 0.667. The summed E-state index contributed by atoms with van der Waals surface area (Å²) in [5.41, 5.74) is -0.0988. The van der Waals surface area contributed by atoms with Crippen molar-refractivity contribution in [3.8, 4) is 12.3 Å². The van der Waals surface area contributed by atoms with Crippen LogP contribution in [-0.2, 0) is 4.74 Å². The molecule has 0 heterocycles. The summed E-state index contributed by atoms with van der Waals surface area (Å²) in [5.74, 6) is 2.38. The van der Waals surface area contributed by atoms with Crippen LogP contribution in [0.3, 0.4) is 0 Å². The highest BCUT2D eigenvalue weighted by molar-refractivity contribution is 5.88. The summed E-state index contributed by atoms with van der Waals surface area (Å²) in [6.45, 7) is 7.46. The Morgan fingerprint density at radius 1 is 1.53 bits per heavy atom. The van der Waals surface area contributed by atoms with Crippen LogP contribution in [0.5, 0.6) is 0 Å². The molecule has 5 nitrogen and oxygen atoms in total. The van der Waals surface area contributed by atoms with Gasteiger partial charge in [-0.05, 0) is 27.2 Å². The van der Waals surface area contributed by atoms with Crippen molar-refractivity contribution in [2.45, 2.75) is 39.7 Å². The lowest BCUT2D eigenvalue weighted by molar-refractivity contribution is 0.0301. The van der Waals surface area contributed by atoms with Gasteiger partial charge in [0, 0.05) is 0 Å². The molecule has 0 aromatic carbocycles. The summed E-state index contributed by atoms with van der Waals surface area (Å²) in [5, 5.41) is 11.8. The van der Waals surface area contributed by atoms with E-state index in [0.717, 1.165) is 0 Å². The van der Waals surface area contributed by atoms with Crippen LogP contribution in [-0.4, -0.2) is 40.6 Å². The monoisotopic (exact) mass is 240 g/mol. The van der Waals surface area contributed by atoms with Gasteiger partial charge in [-0.25, -0.2) is 4.79 Å². The average molecular weight is 240 g/mol. The summed E-state index contributed by atoms with van der Waals surface area (Å²) in [7, 11) is 0. The highest BCUT2D eigenvalue weighted by Crippen LogP contribution is 2.10. The van der Waals surface area contributed by atoms with Gasteiger partial charge in [0.25, 0.3) is 0 Å². The number of amides is 1. The van der Waals surface area contributed by atoms with E-state index < -0.39 is 11.7 Å². The maximum absolute atomic E-state index is 11.8. The fourth-order valence-corrected chi connectivity index (χ4v) is 1.06. The zero-order valence-corrected chi connectivity index (χ0v) is 10.9. The van der Waals surface area contributed by atoms with E-state index in [1.807, 2.05) is 6.92 Å². The van der Waals surface area contributed by atoms with E-state index in [4.69, 9.17) is 16.4 Å². The van der Waals surface area contributed by atoms with Crippen molar-refractivity contribution in [2.24, 2.45) is 5.16 Å². The first kappa shape index (κ1) is 15.3. The van der Waals surface area contributed by atoms with E-state index in [1.54, 1.807) is 20.8 Å². The van der Waals surface area contributed by atoms with Gasteiger partial charge in [-0.2, -0.15) is 0 Å². The largest absolute Gasteiger partial charge is 0.444 e. The molecule has 0 aliphatic rings. The van der Waals surface area contributed by atoms with Gasteiger partial charge in [0.15, 0.2) is 0 Å². The zero-order valence-electron chi connectivity index (χ0n) is 10.9. The molecule has 0 atom stereocenters. The van der Waals surface area contributed by atoms with Crippen molar-refractivity contribution in [1.82, 2.24) is 4.90 Å². The van der Waals surface area contributed by atoms with Crippen LogP contribution < -0.4 is 0 Å². The van der Waals surface area contributed by atoms with Crippen LogP contribution in [0.25, 0.3) is 0 Å². The number of rotatable bonds is 4. The van der Waals surface area contributed by atoms with Gasteiger partial charge < -0.3 is 9.94 Å². The van der Waals surface area contributed by atoms with E-state index in [-0.39, 0.29) is 13.1 Å². The lowest BCUT2D eigenvalue weighted by atomic mass is 10.2. The number of hydrogen-bond donors (Lipinski definition) is 1. The van der Waals surface area contributed by atoms with Crippen LogP contribution in [0.1, 0.15) is 34.1 Å². The summed E-state index contributed by atoms with van der Waals surface area (Å²) < 4.78 is 5.20. The zero-order chi connectivity index (χ0) is 13.5. The van der Waals surface area contributed by atoms with Gasteiger partial charge in [-0.3, -0.25) is 4.90 Å². The quantitative estimate of drug-likeness (QED) is 0.354. The molecule has 0 aromatic rings. The highest BCUT2D eigenvalue weighted by atomic mass is 16.6. The molecule has 96 valence electrons. The van der Waals surface area contributed by atoms with E-state index in [2.05, 4.69) is 11.1 Å². The Morgan fingerprint density at radius 2 is 2.12 bits per heavy atom. The molecule has 0 aliphatic heterocycles. The minimum Gasteiger partial charge on any atom is -0.444 e. The second-order valence-electron chi connectivity index (χ2n) is 4.56. The Kier molecular flexibility index (Phi) is 6.11. The molecule has 0 bridgehead atoms. The van der Waals surface area contributed by atoms with Crippen molar-refractivity contribution in [1.29, 1.82) is 0 Å². The first-order valence-corrected chi connectivity index (χ1v) is 5.45. The topological polar surface area (TPSA) is 62.1 Å². The van der Waals surface area contributed by atoms with Gasteiger partial charge in [0.2, 0.25) is 0 Å². The predicted molar refractivity (Wildman–Crippen MR) is 66.2 cm³/mol. The molecule has 1 amide bonds. The number of carbonyl (C=O) groups is 1. The van der Waals surface area contributed by atoms with Crippen LogP contribution in [0.2, 0.25) is 0 Å². The van der Waals surface area contributed by atoms with Gasteiger partial charge in [0.1, 0.15) is 5.60 Å². The van der Waals surface area contributed by atoms with Crippen molar-refractivity contribution in [3.05, 3.63) is 0 Å². The number of nitrogens with zero attached hydrogens (tertiary/aromatic N) is 2. The third-order valence-electron chi connectivity index (χ3n) is 1.86. The molecule has 1 N–H and O–H groups in total. The van der Waals surface area contributed by atoms with Crippen molar-refractivity contribution in [3.63, 3.8) is 0 Å². The van der Waals surface area contributed by atoms with Gasteiger partial charge in [-0.15, -0.1) is 6.42 Å². The third kappa shape index (κ3) is 6.46. The Morgan fingerprint density at radius 3 is 2.47 bits per heavy atom. The Balaban J connectivity index is 4.64. The maximum atomic E-state index is 11.8. The Hall–Kier alpha value is -1.70. The van der Waals surface area contributed by atoms with E-state index in [0.29, 0.717) is 12.1 Å². The van der Waals surface area contributed by atoms with Crippen molar-refractivity contribution in [2.75, 3.05) is 13.1 Å². The molecule has 0 aliphatic carbocycles. The van der Waals surface area contributed by atoms with Gasteiger partial charge >= 0.3 is 6.09 Å². The second kappa shape index (κ2) is 6.79. The number of oxime groups is 1. The van der Waals surface area contributed by atoms with Crippen molar-refractivity contribution < 1.29 is 14.7 Å². The lowest BCUT2D eigenvalue weighted by Crippen LogP contribution is -2.40. The number of terminal acetylenes is 1. The molecule has 0 spiro atoms. The van der Waals surface area contributed by atoms with Gasteiger partial charge in [-0.1, -0.05) is 18.0 Å². The predicted octanol–water partition coefficient (Wildman–Crippen LogP) is 2.10. The maximum Gasteiger partial charge on any atom is 0.411 e. The highest BCUT2D eigenvalue weighted by Gasteiger charge is 2.22. The molecule has 0 unspecified atom stereocenters. The third-order valence-corrected chi connectivity index (χ3v) is 1.86. The van der Waals surface area contributed by atoms with Crippen molar-refractivity contribution >= 4 is 11.8 Å². The molecular formula is C12H20N2O3. The lowest BCUT2D eigenvalue weighted by Gasteiger charge is -2.26. The molecule has 0 saturated heterocycles. The van der Waals surface area contributed by atoms with Crippen LogP contribution in [0, 0.1) is 12.3 Å². The molecule has 5 heteroatoms. The van der Waals surface area contributed by atoms with Crippen LogP contribution in [0.4, 0.5) is 4.79 Å². The standard InChI is InChI=1S/C12H20N2O3/c1-6-8-14(9-10(7-2)13-16)11(15)17-12(3,4)5/h1,16H,7-9H2,2-5H3/b13-10+. The minimum absolute atomic E-state index is 0.119. The first-order valence-electron chi connectivity index (χ1n) is 5.45. The SMILES string of the molecule is C#CCN(C/C(CC)=N/O)C(=O)OC(C)(C)C. The number of ether oxygens (including phenoxy) is 1. The van der Waals surface area contributed by atoms with E-state index >= 15 is 0 Å². The molecular weight excluding hydrogens is 220 g/mol. The van der Waals surface area contributed by atoms with Gasteiger partial charge in [0.05, 0.1) is 18.8 Å². The van der Waals surface area contributed by atoms with Crippen LogP contribution in [0.15, 0.2) is 5.16 Å². The average Bonchev–Trinajstić information content (AvgIpc) is 2.21. The summed E-state index contributed by atoms with van der Waals surface area (Å²) in [4.78, 5) is 13.1. The molecule has 0 fully saturated rings. The number of carbonyl (C=O) groups excluding carboxylic acids is 1. The summed E-state index contributed by atoms with van der Waals surface area (Å²) >= 11 is 0. The molecule has 0 radical (unpaired) electrons. The Labute approximate surface area is 102 Å². The second-order valence-corrected chi connectivity index (χ2v) is 4.56. The fourth-order valence-electron chi connectivity index (χ4n) is 1.06. The summed E-state index contributed by atoms with van der Waals surface area (Å²) in [6.07, 6.45) is 5.22. The van der Waals surface area contributed by atoms with E-state index in [9.17, 15) is 4.79 Å². The van der Waals surface area contributed by atoms with Crippen LogP contribution >= 0.6 is 0 Å². The Bertz CT molecular complexity index is 324. The first-order chi connectivity index (χ1) is 7.84. The molecule has 17 heavy (non-hydrogen) atoms. The van der Waals surface area contributed by atoms with E-state index in [1.165, 1.54) is 4.90 Å². The molecule has 0 aromatic heterocycles. The number of hydrogen-bond acceptors (Lipinski definition) is 4.